The second kappa shape index (κ2) is 8.33. The SMILES string of the molecule is C.O=C(OC1COC2C(OC(=O)c3ccccc3)COC12)c1ccccc1. The second-order valence-electron chi connectivity index (χ2n) is 6.22. The number of fused-ring (bicyclic) bond motifs is 1. The summed E-state index contributed by atoms with van der Waals surface area (Å²) >= 11 is 0. The quantitative estimate of drug-likeness (QED) is 0.771. The predicted molar refractivity (Wildman–Crippen MR) is 97.5 cm³/mol. The molecule has 4 atom stereocenters. The molecule has 0 radical (unpaired) electrons. The molecule has 2 aromatic rings. The molecule has 0 bridgehead atoms. The van der Waals surface area contributed by atoms with Crippen LogP contribution in [-0.4, -0.2) is 49.6 Å². The summed E-state index contributed by atoms with van der Waals surface area (Å²) in [6.45, 7) is 0.431. The molecule has 0 saturated carbocycles. The molecular weight excluding hydrogens is 348 g/mol. The summed E-state index contributed by atoms with van der Waals surface area (Å²) in [5, 5.41) is 0. The summed E-state index contributed by atoms with van der Waals surface area (Å²) in [7, 11) is 0. The number of rotatable bonds is 4. The van der Waals surface area contributed by atoms with E-state index in [1.807, 2.05) is 12.1 Å². The van der Waals surface area contributed by atoms with Crippen molar-refractivity contribution < 1.29 is 28.5 Å². The number of carbonyl (C=O) groups excluding carboxylic acids is 2. The van der Waals surface area contributed by atoms with E-state index in [2.05, 4.69) is 0 Å². The van der Waals surface area contributed by atoms with E-state index in [-0.39, 0.29) is 20.6 Å². The first-order valence-electron chi connectivity index (χ1n) is 8.47. The molecule has 0 N–H and O–H groups in total. The molecular formula is C21H22O6. The van der Waals surface area contributed by atoms with Crippen LogP contribution in [-0.2, 0) is 18.9 Å². The van der Waals surface area contributed by atoms with Gasteiger partial charge in [-0.15, -0.1) is 0 Å². The molecule has 2 saturated heterocycles. The molecule has 2 aliphatic rings. The van der Waals surface area contributed by atoms with Crippen molar-refractivity contribution in [3.8, 4) is 0 Å². The molecule has 27 heavy (non-hydrogen) atoms. The van der Waals surface area contributed by atoms with Crippen LogP contribution in [0, 0.1) is 0 Å². The Morgan fingerprint density at radius 1 is 0.704 bits per heavy atom. The molecule has 142 valence electrons. The van der Waals surface area contributed by atoms with Gasteiger partial charge in [-0.3, -0.25) is 0 Å². The Hall–Kier alpha value is -2.70. The summed E-state index contributed by atoms with van der Waals surface area (Å²) in [5.74, 6) is -0.846. The van der Waals surface area contributed by atoms with Crippen LogP contribution in [0.15, 0.2) is 60.7 Å². The number of hydrogen-bond donors (Lipinski definition) is 0. The highest BCUT2D eigenvalue weighted by Crippen LogP contribution is 2.31. The predicted octanol–water partition coefficient (Wildman–Crippen LogP) is 2.87. The lowest BCUT2D eigenvalue weighted by molar-refractivity contribution is -0.0287. The molecule has 0 aliphatic carbocycles. The molecule has 2 aromatic carbocycles. The van der Waals surface area contributed by atoms with Crippen molar-refractivity contribution in [1.29, 1.82) is 0 Å². The smallest absolute Gasteiger partial charge is 0.338 e. The molecule has 0 aromatic heterocycles. The van der Waals surface area contributed by atoms with Crippen molar-refractivity contribution in [1.82, 2.24) is 0 Å². The van der Waals surface area contributed by atoms with Crippen LogP contribution in [0.3, 0.4) is 0 Å². The van der Waals surface area contributed by atoms with Gasteiger partial charge >= 0.3 is 11.9 Å². The van der Waals surface area contributed by atoms with Crippen LogP contribution >= 0.6 is 0 Å². The first-order chi connectivity index (χ1) is 12.7. The maximum Gasteiger partial charge on any atom is 0.338 e. The fraction of sp³-hybridized carbons (Fsp3) is 0.333. The van der Waals surface area contributed by atoms with E-state index in [9.17, 15) is 9.59 Å². The van der Waals surface area contributed by atoms with Gasteiger partial charge in [-0.1, -0.05) is 43.8 Å². The Labute approximate surface area is 158 Å². The van der Waals surface area contributed by atoms with E-state index in [0.29, 0.717) is 11.1 Å². The fourth-order valence-electron chi connectivity index (χ4n) is 3.19. The minimum Gasteiger partial charge on any atom is -0.453 e. The Kier molecular flexibility index (Phi) is 5.88. The molecule has 4 rings (SSSR count). The normalized spacial score (nSPS) is 25.9. The van der Waals surface area contributed by atoms with Crippen molar-refractivity contribution in [2.75, 3.05) is 13.2 Å². The van der Waals surface area contributed by atoms with Crippen molar-refractivity contribution >= 4 is 11.9 Å². The lowest BCUT2D eigenvalue weighted by Crippen LogP contribution is -2.36. The van der Waals surface area contributed by atoms with Crippen LogP contribution in [0.25, 0.3) is 0 Å². The Morgan fingerprint density at radius 3 is 1.44 bits per heavy atom. The average molecular weight is 370 g/mol. The van der Waals surface area contributed by atoms with Gasteiger partial charge in [0.2, 0.25) is 0 Å². The van der Waals surface area contributed by atoms with Crippen LogP contribution in [0.4, 0.5) is 0 Å². The Morgan fingerprint density at radius 2 is 1.07 bits per heavy atom. The maximum absolute atomic E-state index is 12.2. The van der Waals surface area contributed by atoms with E-state index in [4.69, 9.17) is 18.9 Å². The van der Waals surface area contributed by atoms with E-state index >= 15 is 0 Å². The standard InChI is InChI=1S/C20H18O6.CH4/c21-19(13-7-3-1-4-8-13)25-15-11-23-18-16(12-24-17(15)18)26-20(22)14-9-5-2-6-10-14;/h1-10,15-18H,11-12H2;1H4. The Balaban J connectivity index is 0.00000210. The van der Waals surface area contributed by atoms with E-state index < -0.39 is 36.4 Å². The maximum atomic E-state index is 12.2. The highest BCUT2D eigenvalue weighted by atomic mass is 16.7. The molecule has 0 amide bonds. The third-order valence-electron chi connectivity index (χ3n) is 4.50. The topological polar surface area (TPSA) is 71.1 Å². The van der Waals surface area contributed by atoms with Gasteiger partial charge in [-0.05, 0) is 24.3 Å². The first kappa shape index (κ1) is 19.1. The summed E-state index contributed by atoms with van der Waals surface area (Å²) in [5.41, 5.74) is 0.946. The number of benzene rings is 2. The number of ether oxygens (including phenoxy) is 4. The largest absolute Gasteiger partial charge is 0.453 e. The molecule has 2 aliphatic heterocycles. The van der Waals surface area contributed by atoms with Crippen LogP contribution in [0.1, 0.15) is 28.1 Å². The summed E-state index contributed by atoms with van der Waals surface area (Å²) in [6, 6.07) is 17.5. The van der Waals surface area contributed by atoms with Crippen LogP contribution in [0.5, 0.6) is 0 Å². The number of carbonyl (C=O) groups is 2. The number of hydrogen-bond acceptors (Lipinski definition) is 6. The summed E-state index contributed by atoms with van der Waals surface area (Å²) < 4.78 is 22.4. The second-order valence-corrected chi connectivity index (χ2v) is 6.22. The van der Waals surface area contributed by atoms with Gasteiger partial charge < -0.3 is 18.9 Å². The summed E-state index contributed by atoms with van der Waals surface area (Å²) in [6.07, 6.45) is -1.91. The zero-order valence-corrected chi connectivity index (χ0v) is 13.9. The zero-order valence-electron chi connectivity index (χ0n) is 13.9. The van der Waals surface area contributed by atoms with E-state index in [1.54, 1.807) is 48.5 Å². The molecule has 6 heteroatoms. The van der Waals surface area contributed by atoms with Crippen LogP contribution < -0.4 is 0 Å². The highest BCUT2D eigenvalue weighted by molar-refractivity contribution is 5.90. The van der Waals surface area contributed by atoms with Gasteiger partial charge in [0.25, 0.3) is 0 Å². The van der Waals surface area contributed by atoms with Crippen molar-refractivity contribution in [2.24, 2.45) is 0 Å². The number of esters is 2. The fourth-order valence-corrected chi connectivity index (χ4v) is 3.19. The Bertz CT molecular complexity index is 708. The van der Waals surface area contributed by atoms with E-state index in [0.717, 1.165) is 0 Å². The van der Waals surface area contributed by atoms with Gasteiger partial charge in [0.15, 0.2) is 12.2 Å². The lowest BCUT2D eigenvalue weighted by atomic mass is 10.1. The van der Waals surface area contributed by atoms with Crippen LogP contribution in [0.2, 0.25) is 0 Å². The summed E-state index contributed by atoms with van der Waals surface area (Å²) in [4.78, 5) is 24.4. The molecule has 0 spiro atoms. The zero-order chi connectivity index (χ0) is 17.9. The first-order valence-corrected chi connectivity index (χ1v) is 8.47. The van der Waals surface area contributed by atoms with Gasteiger partial charge in [0.1, 0.15) is 12.2 Å². The van der Waals surface area contributed by atoms with Crippen molar-refractivity contribution in [2.45, 2.75) is 31.8 Å². The minimum absolute atomic E-state index is 0. The van der Waals surface area contributed by atoms with Gasteiger partial charge in [0.05, 0.1) is 24.3 Å². The van der Waals surface area contributed by atoms with Crippen molar-refractivity contribution in [3.05, 3.63) is 71.8 Å². The third-order valence-corrected chi connectivity index (χ3v) is 4.50. The third kappa shape index (κ3) is 4.02. The lowest BCUT2D eigenvalue weighted by Gasteiger charge is -2.17. The minimum atomic E-state index is -0.520. The van der Waals surface area contributed by atoms with Gasteiger partial charge in [-0.2, -0.15) is 0 Å². The monoisotopic (exact) mass is 370 g/mol. The van der Waals surface area contributed by atoms with Crippen molar-refractivity contribution in [3.63, 3.8) is 0 Å². The van der Waals surface area contributed by atoms with Gasteiger partial charge in [-0.25, -0.2) is 9.59 Å². The molecule has 4 unspecified atom stereocenters. The molecule has 6 nitrogen and oxygen atoms in total. The van der Waals surface area contributed by atoms with E-state index in [1.165, 1.54) is 0 Å². The highest BCUT2D eigenvalue weighted by Gasteiger charge is 2.51. The molecule has 2 fully saturated rings. The van der Waals surface area contributed by atoms with Gasteiger partial charge in [0, 0.05) is 0 Å². The molecule has 2 heterocycles. The average Bonchev–Trinajstić information content (AvgIpc) is 3.27.